The monoisotopic (exact) mass is 344 g/mol. The number of rotatable bonds is 5. The Balaban J connectivity index is 2.21. The highest BCUT2D eigenvalue weighted by molar-refractivity contribution is 5.63. The van der Waals surface area contributed by atoms with Crippen LogP contribution >= 0.6 is 0 Å². The number of aliphatic hydroxyl groups excluding tert-OH is 1. The van der Waals surface area contributed by atoms with E-state index in [0.717, 1.165) is 12.1 Å². The van der Waals surface area contributed by atoms with E-state index in [0.29, 0.717) is 12.1 Å². The van der Waals surface area contributed by atoms with Gasteiger partial charge in [0.2, 0.25) is 0 Å². The molecule has 2 aromatic carbocycles. The lowest BCUT2D eigenvalue weighted by molar-refractivity contribution is -0.384. The smallest absolute Gasteiger partial charge is 0.386 e. The van der Waals surface area contributed by atoms with Crippen molar-refractivity contribution in [3.63, 3.8) is 0 Å². The third kappa shape index (κ3) is 3.99. The van der Waals surface area contributed by atoms with Gasteiger partial charge in [-0.05, 0) is 18.2 Å². The number of alkyl halides is 3. The molecule has 0 aliphatic rings. The normalized spacial score (nSPS) is 12.7. The van der Waals surface area contributed by atoms with Gasteiger partial charge in [-0.2, -0.15) is 13.2 Å². The molecule has 5 nitrogen and oxygen atoms in total. The Morgan fingerprint density at radius 3 is 2.46 bits per heavy atom. The van der Waals surface area contributed by atoms with Crippen molar-refractivity contribution in [2.45, 2.75) is 12.3 Å². The van der Waals surface area contributed by atoms with Gasteiger partial charge in [0.15, 0.2) is 0 Å². The minimum atomic E-state index is -4.71. The molecular weight excluding hydrogens is 332 g/mol. The molecule has 0 bridgehead atoms. The molecule has 2 N–H and O–H groups in total. The Labute approximate surface area is 133 Å². The number of hydrogen-bond acceptors (Lipinski definition) is 4. The summed E-state index contributed by atoms with van der Waals surface area (Å²) >= 11 is 0. The first-order valence-electron chi connectivity index (χ1n) is 6.72. The quantitative estimate of drug-likeness (QED) is 0.490. The van der Waals surface area contributed by atoms with Crippen molar-refractivity contribution in [3.8, 4) is 0 Å². The van der Waals surface area contributed by atoms with Crippen LogP contribution < -0.4 is 5.32 Å². The average Bonchev–Trinajstić information content (AvgIpc) is 2.51. The van der Waals surface area contributed by atoms with Crippen molar-refractivity contribution < 1.29 is 27.6 Å². The maximum absolute atomic E-state index is 13.5. The van der Waals surface area contributed by atoms with Crippen LogP contribution in [0.1, 0.15) is 17.2 Å². The van der Waals surface area contributed by atoms with Crippen molar-refractivity contribution in [1.82, 2.24) is 0 Å². The van der Waals surface area contributed by atoms with E-state index < -0.39 is 34.3 Å². The summed E-state index contributed by atoms with van der Waals surface area (Å²) in [5, 5.41) is 23.3. The third-order valence-corrected chi connectivity index (χ3v) is 3.27. The van der Waals surface area contributed by atoms with Crippen LogP contribution in [-0.4, -0.2) is 16.6 Å². The minimum Gasteiger partial charge on any atom is -0.386 e. The van der Waals surface area contributed by atoms with Crippen LogP contribution in [0.3, 0.4) is 0 Å². The first-order valence-corrected chi connectivity index (χ1v) is 6.72. The van der Waals surface area contributed by atoms with E-state index in [-0.39, 0.29) is 17.8 Å². The summed E-state index contributed by atoms with van der Waals surface area (Å²) in [6, 6.07) is 7.39. The molecule has 0 amide bonds. The standard InChI is InChI=1S/C15H12F4N2O3/c16-11-4-2-1-3-10(11)14(22)8-20-12-6-5-9(15(17,18)19)7-13(12)21(23)24/h1-7,14,20,22H,8H2. The zero-order valence-electron chi connectivity index (χ0n) is 12.0. The molecule has 2 rings (SSSR count). The van der Waals surface area contributed by atoms with E-state index in [1.54, 1.807) is 0 Å². The van der Waals surface area contributed by atoms with Crippen LogP contribution in [0.4, 0.5) is 28.9 Å². The predicted molar refractivity (Wildman–Crippen MR) is 77.9 cm³/mol. The second-order valence-electron chi connectivity index (χ2n) is 4.91. The molecule has 2 aromatic rings. The van der Waals surface area contributed by atoms with E-state index in [1.165, 1.54) is 18.2 Å². The summed E-state index contributed by atoms with van der Waals surface area (Å²) < 4.78 is 51.4. The highest BCUT2D eigenvalue weighted by Crippen LogP contribution is 2.35. The van der Waals surface area contributed by atoms with Crippen LogP contribution in [0.25, 0.3) is 0 Å². The fourth-order valence-corrected chi connectivity index (χ4v) is 2.07. The van der Waals surface area contributed by atoms with Gasteiger partial charge in [0.05, 0.1) is 16.6 Å². The molecule has 0 fully saturated rings. The molecular formula is C15H12F4N2O3. The lowest BCUT2D eigenvalue weighted by Crippen LogP contribution is -2.15. The Kier molecular flexibility index (Phi) is 5.03. The highest BCUT2D eigenvalue weighted by Gasteiger charge is 2.33. The van der Waals surface area contributed by atoms with Gasteiger partial charge in [-0.3, -0.25) is 10.1 Å². The zero-order chi connectivity index (χ0) is 17.9. The van der Waals surface area contributed by atoms with Gasteiger partial charge >= 0.3 is 6.18 Å². The molecule has 0 saturated heterocycles. The Hall–Kier alpha value is -2.68. The molecule has 9 heteroatoms. The van der Waals surface area contributed by atoms with Gasteiger partial charge in [0, 0.05) is 18.2 Å². The van der Waals surface area contributed by atoms with E-state index in [2.05, 4.69) is 5.32 Å². The summed E-state index contributed by atoms with van der Waals surface area (Å²) in [6.07, 6.45) is -6.04. The van der Waals surface area contributed by atoms with Crippen molar-refractivity contribution in [3.05, 3.63) is 69.5 Å². The second-order valence-corrected chi connectivity index (χ2v) is 4.91. The molecule has 0 aromatic heterocycles. The average molecular weight is 344 g/mol. The van der Waals surface area contributed by atoms with Gasteiger partial charge in [-0.1, -0.05) is 18.2 Å². The van der Waals surface area contributed by atoms with Crippen molar-refractivity contribution in [1.29, 1.82) is 0 Å². The summed E-state index contributed by atoms with van der Waals surface area (Å²) in [6.45, 7) is -0.312. The summed E-state index contributed by atoms with van der Waals surface area (Å²) in [5.74, 6) is -0.659. The van der Waals surface area contributed by atoms with Crippen molar-refractivity contribution in [2.75, 3.05) is 11.9 Å². The Morgan fingerprint density at radius 1 is 1.21 bits per heavy atom. The second kappa shape index (κ2) is 6.83. The number of halogens is 4. The number of nitro benzene ring substituents is 1. The number of nitrogens with one attached hydrogen (secondary N) is 1. The van der Waals surface area contributed by atoms with Gasteiger partial charge in [-0.25, -0.2) is 4.39 Å². The van der Waals surface area contributed by atoms with Gasteiger partial charge < -0.3 is 10.4 Å². The van der Waals surface area contributed by atoms with Crippen LogP contribution in [0.15, 0.2) is 42.5 Å². The number of hydrogen-bond donors (Lipinski definition) is 2. The number of benzene rings is 2. The molecule has 1 unspecified atom stereocenters. The van der Waals surface area contributed by atoms with Crippen LogP contribution in [0, 0.1) is 15.9 Å². The topological polar surface area (TPSA) is 75.4 Å². The van der Waals surface area contributed by atoms with E-state index in [9.17, 15) is 32.8 Å². The van der Waals surface area contributed by atoms with Gasteiger partial charge in [0.1, 0.15) is 11.5 Å². The number of aliphatic hydroxyl groups is 1. The fraction of sp³-hybridized carbons (Fsp3) is 0.200. The summed E-state index contributed by atoms with van der Waals surface area (Å²) in [5.41, 5.74) is -2.18. The van der Waals surface area contributed by atoms with Crippen molar-refractivity contribution in [2.24, 2.45) is 0 Å². The molecule has 24 heavy (non-hydrogen) atoms. The SMILES string of the molecule is O=[N+]([O-])c1cc(C(F)(F)F)ccc1NCC(O)c1ccccc1F. The van der Waals surface area contributed by atoms with E-state index in [1.807, 2.05) is 0 Å². The lowest BCUT2D eigenvalue weighted by atomic mass is 10.1. The molecule has 0 radical (unpaired) electrons. The van der Waals surface area contributed by atoms with Crippen molar-refractivity contribution >= 4 is 11.4 Å². The molecule has 128 valence electrons. The summed E-state index contributed by atoms with van der Waals surface area (Å²) in [4.78, 5) is 9.98. The number of anilines is 1. The maximum Gasteiger partial charge on any atom is 0.416 e. The molecule has 0 spiro atoms. The fourth-order valence-electron chi connectivity index (χ4n) is 2.07. The molecule has 0 heterocycles. The van der Waals surface area contributed by atoms with E-state index >= 15 is 0 Å². The Morgan fingerprint density at radius 2 is 1.88 bits per heavy atom. The molecule has 0 aliphatic heterocycles. The summed E-state index contributed by atoms with van der Waals surface area (Å²) in [7, 11) is 0. The first kappa shape index (κ1) is 17.7. The maximum atomic E-state index is 13.5. The van der Waals surface area contributed by atoms with E-state index in [4.69, 9.17) is 0 Å². The zero-order valence-corrected chi connectivity index (χ0v) is 12.0. The van der Waals surface area contributed by atoms with Crippen LogP contribution in [0.5, 0.6) is 0 Å². The van der Waals surface area contributed by atoms with Crippen LogP contribution in [-0.2, 0) is 6.18 Å². The molecule has 0 saturated carbocycles. The number of nitrogens with zero attached hydrogens (tertiary/aromatic N) is 1. The molecule has 0 aliphatic carbocycles. The highest BCUT2D eigenvalue weighted by atomic mass is 19.4. The third-order valence-electron chi connectivity index (χ3n) is 3.27. The largest absolute Gasteiger partial charge is 0.416 e. The number of nitro groups is 1. The molecule has 1 atom stereocenters. The first-order chi connectivity index (χ1) is 11.2. The lowest BCUT2D eigenvalue weighted by Gasteiger charge is -2.15. The predicted octanol–water partition coefficient (Wildman–Crippen LogP) is 3.90. The minimum absolute atomic E-state index is 0.0282. The van der Waals surface area contributed by atoms with Gasteiger partial charge in [-0.15, -0.1) is 0 Å². The Bertz CT molecular complexity index is 750. The van der Waals surface area contributed by atoms with Gasteiger partial charge in [0.25, 0.3) is 5.69 Å². The van der Waals surface area contributed by atoms with Crippen LogP contribution in [0.2, 0.25) is 0 Å².